The molecule has 0 N–H and O–H groups in total. The Bertz CT molecular complexity index is 719. The van der Waals surface area contributed by atoms with Gasteiger partial charge in [-0.05, 0) is 44.9 Å². The Morgan fingerprint density at radius 3 is 2.47 bits per heavy atom. The number of hydrogen-bond acceptors (Lipinski definition) is 5. The predicted octanol–water partition coefficient (Wildman–Crippen LogP) is 5.34. The fraction of sp³-hybridized carbons (Fsp3) is 0.783. The van der Waals surface area contributed by atoms with Crippen molar-refractivity contribution in [1.82, 2.24) is 14.8 Å². The Morgan fingerprint density at radius 1 is 1.10 bits per heavy atom. The van der Waals surface area contributed by atoms with Crippen molar-refractivity contribution >= 4 is 23.3 Å². The minimum atomic E-state index is -0.211. The van der Waals surface area contributed by atoms with E-state index < -0.39 is 0 Å². The second-order valence-corrected chi connectivity index (χ2v) is 9.97. The summed E-state index contributed by atoms with van der Waals surface area (Å²) >= 11 is 1.58. The van der Waals surface area contributed by atoms with E-state index in [1.807, 2.05) is 15.2 Å². The monoisotopic (exact) mass is 433 g/mol. The van der Waals surface area contributed by atoms with Crippen LogP contribution in [-0.2, 0) is 4.79 Å². The molecule has 0 radical (unpaired) electrons. The Labute approximate surface area is 184 Å². The summed E-state index contributed by atoms with van der Waals surface area (Å²) in [7, 11) is 0. The van der Waals surface area contributed by atoms with Crippen LogP contribution >= 0.6 is 11.3 Å². The fourth-order valence-electron chi connectivity index (χ4n) is 4.82. The van der Waals surface area contributed by atoms with Crippen LogP contribution in [0.3, 0.4) is 0 Å². The third kappa shape index (κ3) is 5.34. The highest BCUT2D eigenvalue weighted by Crippen LogP contribution is 2.36. The fourth-order valence-corrected chi connectivity index (χ4v) is 5.71. The molecule has 0 spiro atoms. The van der Waals surface area contributed by atoms with Crippen LogP contribution < -0.4 is 4.74 Å². The second kappa shape index (κ2) is 10.1. The van der Waals surface area contributed by atoms with Crippen molar-refractivity contribution in [3.63, 3.8) is 0 Å². The molecule has 0 unspecified atom stereocenters. The molecule has 30 heavy (non-hydrogen) atoms. The molecule has 2 amide bonds. The lowest BCUT2D eigenvalue weighted by Gasteiger charge is -2.33. The van der Waals surface area contributed by atoms with Crippen molar-refractivity contribution in [1.29, 1.82) is 0 Å². The number of piperidine rings is 1. The zero-order valence-electron chi connectivity index (χ0n) is 18.2. The van der Waals surface area contributed by atoms with Gasteiger partial charge in [-0.15, -0.1) is 11.3 Å². The highest BCUT2D eigenvalue weighted by molar-refractivity contribution is 7.09. The Hall–Kier alpha value is -1.63. The van der Waals surface area contributed by atoms with Gasteiger partial charge in [-0.1, -0.05) is 32.6 Å². The molecule has 4 rings (SSSR count). The van der Waals surface area contributed by atoms with Gasteiger partial charge in [-0.2, -0.15) is 0 Å². The van der Waals surface area contributed by atoms with Gasteiger partial charge in [0.05, 0.1) is 10.4 Å². The lowest BCUT2D eigenvalue weighted by molar-refractivity contribution is -0.132. The lowest BCUT2D eigenvalue weighted by atomic mass is 9.94. The molecule has 2 saturated carbocycles. The molecule has 7 heteroatoms. The average molecular weight is 434 g/mol. The van der Waals surface area contributed by atoms with E-state index in [0.717, 1.165) is 69.5 Å². The normalized spacial score (nSPS) is 20.9. The van der Waals surface area contributed by atoms with Crippen molar-refractivity contribution < 1.29 is 14.3 Å². The summed E-state index contributed by atoms with van der Waals surface area (Å²) in [5.74, 6) is 1.09. The number of likely N-dealkylation sites (tertiary alicyclic amines) is 1. The Kier molecular flexibility index (Phi) is 7.28. The van der Waals surface area contributed by atoms with E-state index in [9.17, 15) is 9.59 Å². The first kappa shape index (κ1) is 21.6. The molecule has 166 valence electrons. The zero-order chi connectivity index (χ0) is 20.9. The van der Waals surface area contributed by atoms with E-state index in [1.165, 1.54) is 19.3 Å². The number of thiazole rings is 1. The molecule has 1 aromatic heterocycles. The molecule has 1 aromatic rings. The molecule has 2 heterocycles. The molecule has 0 bridgehead atoms. The maximum atomic E-state index is 12.9. The van der Waals surface area contributed by atoms with Crippen LogP contribution in [-0.4, -0.2) is 52.0 Å². The Morgan fingerprint density at radius 2 is 1.80 bits per heavy atom. The number of amides is 2. The topological polar surface area (TPSA) is 62.7 Å². The van der Waals surface area contributed by atoms with E-state index >= 15 is 0 Å². The van der Waals surface area contributed by atoms with Gasteiger partial charge in [-0.25, -0.2) is 9.78 Å². The van der Waals surface area contributed by atoms with E-state index in [0.29, 0.717) is 30.3 Å². The molecular formula is C23H35N3O3S. The van der Waals surface area contributed by atoms with Crippen molar-refractivity contribution in [3.8, 4) is 5.88 Å². The summed E-state index contributed by atoms with van der Waals surface area (Å²) in [5.41, 5.74) is 0. The highest BCUT2D eigenvalue weighted by atomic mass is 32.1. The first-order valence-corrected chi connectivity index (χ1v) is 12.8. The van der Waals surface area contributed by atoms with E-state index in [-0.39, 0.29) is 12.0 Å². The van der Waals surface area contributed by atoms with Gasteiger partial charge in [0.1, 0.15) is 0 Å². The van der Waals surface area contributed by atoms with Crippen LogP contribution in [0.1, 0.15) is 94.9 Å². The average Bonchev–Trinajstić information content (AvgIpc) is 3.50. The van der Waals surface area contributed by atoms with Crippen LogP contribution in [0.5, 0.6) is 5.88 Å². The van der Waals surface area contributed by atoms with Crippen molar-refractivity contribution in [2.24, 2.45) is 0 Å². The van der Waals surface area contributed by atoms with Crippen molar-refractivity contribution in [3.05, 3.63) is 10.4 Å². The van der Waals surface area contributed by atoms with Gasteiger partial charge in [0, 0.05) is 37.5 Å². The van der Waals surface area contributed by atoms with Crippen molar-refractivity contribution in [2.45, 2.75) is 102 Å². The van der Waals surface area contributed by atoms with E-state index in [2.05, 4.69) is 11.9 Å². The number of aromatic nitrogens is 1. The van der Waals surface area contributed by atoms with Crippen LogP contribution in [0, 0.1) is 0 Å². The molecular weight excluding hydrogens is 398 g/mol. The van der Waals surface area contributed by atoms with E-state index in [4.69, 9.17) is 4.74 Å². The van der Waals surface area contributed by atoms with Crippen molar-refractivity contribution in [2.75, 3.05) is 13.1 Å². The summed E-state index contributed by atoms with van der Waals surface area (Å²) in [6.45, 7) is 3.73. The SMILES string of the molecule is CCCCC(=O)N1CCC(c2nc(OC(=O)N(C3CCCCC3)C3CC3)cs2)CC1. The summed E-state index contributed by atoms with van der Waals surface area (Å²) in [6, 6.07) is 0.708. The first-order chi connectivity index (χ1) is 14.7. The smallest absolute Gasteiger partial charge is 0.390 e. The number of hydrogen-bond donors (Lipinski definition) is 0. The summed E-state index contributed by atoms with van der Waals surface area (Å²) < 4.78 is 5.73. The third-order valence-electron chi connectivity index (χ3n) is 6.75. The van der Waals surface area contributed by atoms with Gasteiger partial charge in [0.2, 0.25) is 11.8 Å². The largest absolute Gasteiger partial charge is 0.417 e. The number of carbonyl (C=O) groups is 2. The zero-order valence-corrected chi connectivity index (χ0v) is 19.0. The molecule has 1 saturated heterocycles. The summed E-state index contributed by atoms with van der Waals surface area (Å²) in [6.07, 6.45) is 12.5. The molecule has 1 aliphatic heterocycles. The van der Waals surface area contributed by atoms with Gasteiger partial charge in [0.15, 0.2) is 0 Å². The molecule has 0 atom stereocenters. The third-order valence-corrected chi connectivity index (χ3v) is 7.74. The second-order valence-electron chi connectivity index (χ2n) is 9.08. The van der Waals surface area contributed by atoms with E-state index in [1.54, 1.807) is 11.3 Å². The number of unbranched alkanes of at least 4 members (excludes halogenated alkanes) is 1. The maximum absolute atomic E-state index is 12.9. The van der Waals surface area contributed by atoms with Crippen LogP contribution in [0.4, 0.5) is 4.79 Å². The first-order valence-electron chi connectivity index (χ1n) is 11.9. The predicted molar refractivity (Wildman–Crippen MR) is 118 cm³/mol. The summed E-state index contributed by atoms with van der Waals surface area (Å²) in [4.78, 5) is 33.8. The minimum absolute atomic E-state index is 0.211. The highest BCUT2D eigenvalue weighted by Gasteiger charge is 2.39. The lowest BCUT2D eigenvalue weighted by Crippen LogP contribution is -2.44. The van der Waals surface area contributed by atoms with Gasteiger partial charge >= 0.3 is 6.09 Å². The molecule has 3 aliphatic rings. The van der Waals surface area contributed by atoms with Gasteiger partial charge in [-0.3, -0.25) is 4.79 Å². The van der Waals surface area contributed by atoms with Crippen LogP contribution in [0.15, 0.2) is 5.38 Å². The maximum Gasteiger partial charge on any atom is 0.417 e. The number of carbonyl (C=O) groups excluding carboxylic acids is 2. The number of ether oxygens (including phenoxy) is 1. The van der Waals surface area contributed by atoms with Crippen LogP contribution in [0.25, 0.3) is 0 Å². The van der Waals surface area contributed by atoms with Gasteiger partial charge in [0.25, 0.3) is 0 Å². The standard InChI is InChI=1S/C23H35N3O3S/c1-2-3-9-21(27)25-14-12-17(13-15-25)22-24-20(16-30-22)29-23(28)26(19-10-11-19)18-7-5-4-6-8-18/h16-19H,2-15H2,1H3. The van der Waals surface area contributed by atoms with Crippen LogP contribution in [0.2, 0.25) is 0 Å². The molecule has 2 aliphatic carbocycles. The number of rotatable bonds is 7. The molecule has 0 aromatic carbocycles. The van der Waals surface area contributed by atoms with Gasteiger partial charge < -0.3 is 14.5 Å². The Balaban J connectivity index is 1.30. The molecule has 6 nitrogen and oxygen atoms in total. The minimum Gasteiger partial charge on any atom is -0.390 e. The quantitative estimate of drug-likeness (QED) is 0.583. The molecule has 3 fully saturated rings. The number of nitrogens with zero attached hydrogens (tertiary/aromatic N) is 3. The summed E-state index contributed by atoms with van der Waals surface area (Å²) in [5, 5.41) is 2.91.